The summed E-state index contributed by atoms with van der Waals surface area (Å²) in [5, 5.41) is 0. The van der Waals surface area contributed by atoms with E-state index in [0.29, 0.717) is 30.3 Å². The van der Waals surface area contributed by atoms with Gasteiger partial charge in [0.1, 0.15) is 0 Å². The van der Waals surface area contributed by atoms with Crippen LogP contribution >= 0.6 is 0 Å². The van der Waals surface area contributed by atoms with Crippen LogP contribution in [0.1, 0.15) is 251 Å². The molecule has 2 aliphatic rings. The van der Waals surface area contributed by atoms with E-state index < -0.39 is 0 Å². The van der Waals surface area contributed by atoms with Crippen molar-refractivity contribution in [3.8, 4) is 0 Å². The molecule has 0 aromatic rings. The van der Waals surface area contributed by atoms with E-state index in [1.807, 2.05) is 0 Å². The van der Waals surface area contributed by atoms with Crippen LogP contribution in [0.4, 0.5) is 0 Å². The summed E-state index contributed by atoms with van der Waals surface area (Å²) in [6.07, 6.45) is 14.9. The maximum absolute atomic E-state index is 5.93. The maximum Gasteiger partial charge on any atom is 0.0605 e. The predicted molar refractivity (Wildman–Crippen MR) is 269 cm³/mol. The Morgan fingerprint density at radius 1 is 0.293 bits per heavy atom. The summed E-state index contributed by atoms with van der Waals surface area (Å²) in [6.45, 7) is 62.1. The lowest BCUT2D eigenvalue weighted by Gasteiger charge is -2.42. The minimum atomic E-state index is 0.446. The van der Waals surface area contributed by atoms with Gasteiger partial charge in [-0.3, -0.25) is 0 Å². The molecular weight excluding hydrogens is 705 g/mol. The van der Waals surface area contributed by atoms with Crippen molar-refractivity contribution in [1.82, 2.24) is 0 Å². The van der Waals surface area contributed by atoms with Crippen LogP contribution in [0.3, 0.4) is 0 Å². The molecule has 58 heavy (non-hydrogen) atoms. The highest BCUT2D eigenvalue weighted by Gasteiger charge is 2.36. The van der Waals surface area contributed by atoms with Crippen LogP contribution < -0.4 is 0 Å². The largest absolute Gasteiger partial charge is 0.375 e. The fraction of sp³-hybridized carbons (Fsp3) is 1.00. The number of ether oxygens (including phenoxy) is 2. The Morgan fingerprint density at radius 2 is 0.534 bits per heavy atom. The van der Waals surface area contributed by atoms with E-state index in [-0.39, 0.29) is 0 Å². The quantitative estimate of drug-likeness (QED) is 0.154. The van der Waals surface area contributed by atoms with Gasteiger partial charge in [0.15, 0.2) is 0 Å². The molecule has 2 aliphatic heterocycles. The fourth-order valence-electron chi connectivity index (χ4n) is 8.17. The monoisotopic (exact) mass is 825 g/mol. The molecule has 0 aromatic heterocycles. The Kier molecular flexibility index (Phi) is 41.7. The van der Waals surface area contributed by atoms with E-state index in [1.54, 1.807) is 0 Å². The van der Waals surface area contributed by atoms with E-state index in [1.165, 1.54) is 51.4 Å². The van der Waals surface area contributed by atoms with E-state index in [2.05, 4.69) is 187 Å². The molecule has 0 spiro atoms. The number of hydrogen-bond acceptors (Lipinski definition) is 2. The van der Waals surface area contributed by atoms with Crippen molar-refractivity contribution in [2.75, 3.05) is 0 Å². The molecule has 2 fully saturated rings. The number of rotatable bonds is 16. The third-order valence-corrected chi connectivity index (χ3v) is 17.4. The Balaban J connectivity index is -0.000000306. The van der Waals surface area contributed by atoms with Gasteiger partial charge in [0.05, 0.1) is 24.4 Å². The van der Waals surface area contributed by atoms with Crippen molar-refractivity contribution in [2.45, 2.75) is 276 Å². The zero-order valence-electron chi connectivity index (χ0n) is 45.9. The maximum atomic E-state index is 5.93. The molecule has 2 nitrogen and oxygen atoms in total. The third kappa shape index (κ3) is 26.4. The van der Waals surface area contributed by atoms with Crippen LogP contribution in [-0.2, 0) is 9.47 Å². The summed E-state index contributed by atoms with van der Waals surface area (Å²) in [4.78, 5) is 0. The molecule has 2 saturated heterocycles. The van der Waals surface area contributed by atoms with E-state index in [0.717, 1.165) is 95.7 Å². The Bertz CT molecular complexity index is 810. The van der Waals surface area contributed by atoms with Gasteiger partial charge in [-0.1, -0.05) is 224 Å². The second-order valence-corrected chi connectivity index (χ2v) is 20.7. The lowest BCUT2D eigenvalue weighted by Crippen LogP contribution is -2.42. The predicted octanol–water partition coefficient (Wildman–Crippen LogP) is 19.1. The molecule has 0 aromatic carbocycles. The van der Waals surface area contributed by atoms with Gasteiger partial charge in [0, 0.05) is 0 Å². The highest BCUT2D eigenvalue weighted by Crippen LogP contribution is 2.36. The van der Waals surface area contributed by atoms with Crippen LogP contribution in [-0.4, -0.2) is 24.4 Å². The molecule has 0 aliphatic carbocycles. The summed E-state index contributed by atoms with van der Waals surface area (Å²) in [5.41, 5.74) is 0. The first-order valence-electron chi connectivity index (χ1n) is 26.2. The summed E-state index contributed by atoms with van der Waals surface area (Å²) in [5.74, 6) is 12.7. The summed E-state index contributed by atoms with van der Waals surface area (Å²) in [6, 6.07) is 0. The van der Waals surface area contributed by atoms with Gasteiger partial charge in [-0.2, -0.15) is 0 Å². The molecule has 356 valence electrons. The summed E-state index contributed by atoms with van der Waals surface area (Å²) < 4.78 is 11.7. The normalized spacial score (nSPS) is 29.9. The minimum absolute atomic E-state index is 0.446. The molecule has 17 unspecified atom stereocenters. The first-order valence-corrected chi connectivity index (χ1v) is 26.2. The van der Waals surface area contributed by atoms with Crippen molar-refractivity contribution >= 4 is 0 Å². The van der Waals surface area contributed by atoms with Crippen LogP contribution in [0, 0.1) is 88.8 Å². The second kappa shape index (κ2) is 37.5. The SMILES string of the molecule is CCC(C)C(C)C(C)C(C)CC.CCC(C)C(C)C(C)CC.CCC(C)C(C)CC.CCC(C)CC.CCC1OC(C)C(C)C(C)C1C.CCC1OC(C)C(C)C1C. The Hall–Kier alpha value is -0.0800. The fourth-order valence-corrected chi connectivity index (χ4v) is 8.17. The molecule has 0 saturated carbocycles. The molecule has 2 rings (SSSR count). The van der Waals surface area contributed by atoms with Gasteiger partial charge in [-0.25, -0.2) is 0 Å². The van der Waals surface area contributed by atoms with E-state index >= 15 is 0 Å². The highest BCUT2D eigenvalue weighted by atomic mass is 16.5. The van der Waals surface area contributed by atoms with Gasteiger partial charge < -0.3 is 9.47 Å². The lowest BCUT2D eigenvalue weighted by molar-refractivity contribution is -0.125. The van der Waals surface area contributed by atoms with Gasteiger partial charge in [0.2, 0.25) is 0 Å². The zero-order valence-corrected chi connectivity index (χ0v) is 45.9. The molecular formula is C56H120O2. The van der Waals surface area contributed by atoms with Crippen molar-refractivity contribution in [3.05, 3.63) is 0 Å². The second-order valence-electron chi connectivity index (χ2n) is 20.7. The van der Waals surface area contributed by atoms with Gasteiger partial charge in [0.25, 0.3) is 0 Å². The Labute approximate surface area is 372 Å². The topological polar surface area (TPSA) is 18.5 Å². The standard InChI is InChI=1S/C12H26.C11H22O.C10H22.C9H18O.C8H18.C6H14/c1-7-9(3)11(5)12(6)10(4)8-2;1-6-11-9(4)7(2)8(3)10(5)12-11;1-6-8(3)10(5)9(4)7-2;1-5-9-7(3)6(2)8(4)10-9;1-5-7(3)8(4)6-2;1-4-6(3)5-2/h9-12H,7-8H2,1-6H3;7-11H,6H2,1-5H3;8-10H,6-7H2,1-5H3;6-9H,5H2,1-4H3;7-8H,5-6H2,1-4H3;6H,4-5H2,1-3H3. The average Bonchev–Trinajstić information content (AvgIpc) is 3.50. The van der Waals surface area contributed by atoms with E-state index in [9.17, 15) is 0 Å². The zero-order chi connectivity index (χ0) is 46.5. The number of hydrogen-bond donors (Lipinski definition) is 0. The van der Waals surface area contributed by atoms with Crippen molar-refractivity contribution < 1.29 is 9.47 Å². The van der Waals surface area contributed by atoms with Crippen molar-refractivity contribution in [1.29, 1.82) is 0 Å². The van der Waals surface area contributed by atoms with Crippen LogP contribution in [0.15, 0.2) is 0 Å². The molecule has 2 heterocycles. The van der Waals surface area contributed by atoms with Gasteiger partial charge in [-0.15, -0.1) is 0 Å². The molecule has 2 heteroatoms. The molecule has 17 atom stereocenters. The molecule has 0 amide bonds. The minimum Gasteiger partial charge on any atom is -0.375 e. The average molecular weight is 826 g/mol. The van der Waals surface area contributed by atoms with Crippen LogP contribution in [0.5, 0.6) is 0 Å². The lowest BCUT2D eigenvalue weighted by atomic mass is 9.76. The smallest absolute Gasteiger partial charge is 0.0605 e. The van der Waals surface area contributed by atoms with E-state index in [4.69, 9.17) is 9.47 Å². The van der Waals surface area contributed by atoms with Gasteiger partial charge in [-0.05, 0) is 115 Å². The molecule has 0 radical (unpaired) electrons. The summed E-state index contributed by atoms with van der Waals surface area (Å²) >= 11 is 0. The van der Waals surface area contributed by atoms with Crippen LogP contribution in [0.25, 0.3) is 0 Å². The molecule has 0 N–H and O–H groups in total. The first kappa shape index (κ1) is 64.5. The van der Waals surface area contributed by atoms with Crippen molar-refractivity contribution in [2.24, 2.45) is 88.8 Å². The van der Waals surface area contributed by atoms with Crippen LogP contribution in [0.2, 0.25) is 0 Å². The molecule has 0 bridgehead atoms. The van der Waals surface area contributed by atoms with Gasteiger partial charge >= 0.3 is 0 Å². The van der Waals surface area contributed by atoms with Crippen molar-refractivity contribution in [3.63, 3.8) is 0 Å². The summed E-state index contributed by atoms with van der Waals surface area (Å²) in [7, 11) is 0. The first-order chi connectivity index (χ1) is 26.9. The third-order valence-electron chi connectivity index (χ3n) is 17.4. The highest BCUT2D eigenvalue weighted by molar-refractivity contribution is 4.84. The Morgan fingerprint density at radius 3 is 0.759 bits per heavy atom.